The molecule has 5 aromatic heterocycles. The van der Waals surface area contributed by atoms with Crippen molar-refractivity contribution in [1.82, 2.24) is 35.1 Å². The average molecular weight is 491 g/mol. The second-order valence-corrected chi connectivity index (χ2v) is 8.76. The molecule has 0 aliphatic rings. The Labute approximate surface area is 211 Å². The van der Waals surface area contributed by atoms with Crippen molar-refractivity contribution in [2.45, 2.75) is 19.8 Å². The highest BCUT2D eigenvalue weighted by molar-refractivity contribution is 5.95. The topological polar surface area (TPSA) is 108 Å². The molecule has 6 aromatic rings. The summed E-state index contributed by atoms with van der Waals surface area (Å²) in [5, 5.41) is 10.8. The summed E-state index contributed by atoms with van der Waals surface area (Å²) in [6.07, 6.45) is 7.13. The summed E-state index contributed by atoms with van der Waals surface area (Å²) in [5.41, 5.74) is 8.10. The van der Waals surface area contributed by atoms with Gasteiger partial charge in [-0.25, -0.2) is 14.4 Å². The van der Waals surface area contributed by atoms with E-state index in [-0.39, 0.29) is 5.82 Å². The zero-order valence-corrected chi connectivity index (χ0v) is 20.1. The lowest BCUT2D eigenvalue weighted by atomic mass is 10.1. The number of nitrogens with one attached hydrogen (secondary N) is 3. The zero-order chi connectivity index (χ0) is 25.4. The maximum atomic E-state index is 13.9. The van der Waals surface area contributed by atoms with E-state index in [9.17, 15) is 4.39 Å². The van der Waals surface area contributed by atoms with Gasteiger partial charge in [0, 0.05) is 29.2 Å². The third-order valence-corrected chi connectivity index (χ3v) is 6.04. The van der Waals surface area contributed by atoms with Crippen molar-refractivity contribution in [3.05, 3.63) is 85.2 Å². The molecular weight excluding hydrogens is 467 g/mol. The summed E-state index contributed by atoms with van der Waals surface area (Å²) in [5.74, 6) is 0.214. The molecule has 0 amide bonds. The number of halogens is 1. The van der Waals surface area contributed by atoms with Crippen molar-refractivity contribution in [2.24, 2.45) is 0 Å². The molecule has 9 heteroatoms. The van der Waals surface area contributed by atoms with Gasteiger partial charge in [0.2, 0.25) is 0 Å². The molecule has 0 radical (unpaired) electrons. The molecule has 0 aliphatic carbocycles. The van der Waals surface area contributed by atoms with Crippen LogP contribution in [0.25, 0.3) is 56.1 Å². The third-order valence-electron chi connectivity index (χ3n) is 6.04. The van der Waals surface area contributed by atoms with E-state index >= 15 is 0 Å². The minimum absolute atomic E-state index is 0.328. The van der Waals surface area contributed by atoms with E-state index in [1.807, 2.05) is 30.3 Å². The molecule has 0 unspecified atom stereocenters. The van der Waals surface area contributed by atoms with Gasteiger partial charge in [0.25, 0.3) is 0 Å². The highest BCUT2D eigenvalue weighted by Gasteiger charge is 2.17. The van der Waals surface area contributed by atoms with Crippen molar-refractivity contribution in [1.29, 1.82) is 0 Å². The normalized spacial score (nSPS) is 11.3. The number of fused-ring (bicyclic) bond motifs is 2. The largest absolute Gasteiger partial charge is 0.358 e. The van der Waals surface area contributed by atoms with Crippen molar-refractivity contribution in [3.63, 3.8) is 0 Å². The Morgan fingerprint density at radius 1 is 0.973 bits per heavy atom. The number of rotatable bonds is 7. The van der Waals surface area contributed by atoms with Gasteiger partial charge in [-0.2, -0.15) is 5.10 Å². The summed E-state index contributed by atoms with van der Waals surface area (Å²) < 4.78 is 13.9. The Hall–Kier alpha value is -4.92. The van der Waals surface area contributed by atoms with Gasteiger partial charge >= 0.3 is 0 Å². The van der Waals surface area contributed by atoms with Crippen LogP contribution in [0.15, 0.2) is 79.4 Å². The predicted octanol–water partition coefficient (Wildman–Crippen LogP) is 6.49. The monoisotopic (exact) mass is 490 g/mol. The first-order chi connectivity index (χ1) is 18.1. The maximum Gasteiger partial charge on any atom is 0.161 e. The second-order valence-electron chi connectivity index (χ2n) is 8.76. The molecule has 182 valence electrons. The van der Waals surface area contributed by atoms with Crippen LogP contribution in [0, 0.1) is 5.82 Å². The van der Waals surface area contributed by atoms with Gasteiger partial charge < -0.3 is 10.3 Å². The van der Waals surface area contributed by atoms with Crippen LogP contribution in [0.5, 0.6) is 0 Å². The maximum absolute atomic E-state index is 13.9. The van der Waals surface area contributed by atoms with Crippen molar-refractivity contribution in [2.75, 3.05) is 5.32 Å². The van der Waals surface area contributed by atoms with Gasteiger partial charge in [0.05, 0.1) is 34.3 Å². The Bertz CT molecular complexity index is 1770. The standard InChI is InChI=1S/C28H23FN8/c1-3-5-16(2)32-20-13-18(14-30-15-20)21-8-9-23-26(33-21)27(37-36-23)28-34-22-10-11-31-24(25(22)35-28)17-6-4-7-19(29)12-17/h4,6-15,32H,2-3,5H2,1H3,(H,34,35)(H,36,37). The number of H-pyrrole nitrogens is 2. The molecule has 0 saturated heterocycles. The molecule has 0 aliphatic heterocycles. The quantitative estimate of drug-likeness (QED) is 0.236. The van der Waals surface area contributed by atoms with Crippen LogP contribution in [-0.4, -0.2) is 35.1 Å². The van der Waals surface area contributed by atoms with Crippen molar-refractivity contribution < 1.29 is 4.39 Å². The lowest BCUT2D eigenvalue weighted by Gasteiger charge is -2.09. The van der Waals surface area contributed by atoms with Crippen molar-refractivity contribution >= 4 is 27.8 Å². The lowest BCUT2D eigenvalue weighted by molar-refractivity contribution is 0.628. The SMILES string of the molecule is C=C(CCC)Nc1cncc(-c2ccc3[nH]nc(-c4nc5c(-c6cccc(F)c6)nccc5[nH]4)c3n2)c1. The van der Waals surface area contributed by atoms with Gasteiger partial charge in [-0.15, -0.1) is 0 Å². The number of anilines is 1. The number of allylic oxidation sites excluding steroid dienone is 1. The van der Waals surface area contributed by atoms with E-state index in [0.717, 1.165) is 46.5 Å². The fraction of sp³-hybridized carbons (Fsp3) is 0.107. The minimum Gasteiger partial charge on any atom is -0.358 e. The van der Waals surface area contributed by atoms with E-state index in [0.29, 0.717) is 33.8 Å². The molecule has 0 atom stereocenters. The van der Waals surface area contributed by atoms with Crippen LogP contribution in [-0.2, 0) is 0 Å². The van der Waals surface area contributed by atoms with E-state index in [2.05, 4.69) is 44.0 Å². The molecule has 0 fully saturated rings. The molecule has 1 aromatic carbocycles. The molecule has 8 nitrogen and oxygen atoms in total. The number of pyridine rings is 3. The molecule has 6 rings (SSSR count). The van der Waals surface area contributed by atoms with Crippen LogP contribution < -0.4 is 5.32 Å². The number of nitrogens with zero attached hydrogens (tertiary/aromatic N) is 5. The number of aromatic nitrogens is 7. The predicted molar refractivity (Wildman–Crippen MR) is 143 cm³/mol. The van der Waals surface area contributed by atoms with Gasteiger partial charge in [0.1, 0.15) is 16.9 Å². The Kier molecular flexibility index (Phi) is 5.65. The van der Waals surface area contributed by atoms with Crippen LogP contribution in [0.4, 0.5) is 10.1 Å². The fourth-order valence-corrected chi connectivity index (χ4v) is 4.34. The first-order valence-corrected chi connectivity index (χ1v) is 12.0. The Morgan fingerprint density at radius 2 is 1.86 bits per heavy atom. The first-order valence-electron chi connectivity index (χ1n) is 12.0. The first kappa shape index (κ1) is 22.5. The summed E-state index contributed by atoms with van der Waals surface area (Å²) >= 11 is 0. The summed E-state index contributed by atoms with van der Waals surface area (Å²) in [6.45, 7) is 6.18. The van der Waals surface area contributed by atoms with Crippen LogP contribution in [0.2, 0.25) is 0 Å². The Balaban J connectivity index is 1.40. The smallest absolute Gasteiger partial charge is 0.161 e. The minimum atomic E-state index is -0.328. The highest BCUT2D eigenvalue weighted by atomic mass is 19.1. The molecule has 3 N–H and O–H groups in total. The summed E-state index contributed by atoms with van der Waals surface area (Å²) in [4.78, 5) is 21.8. The zero-order valence-electron chi connectivity index (χ0n) is 20.1. The molecule has 0 saturated carbocycles. The number of hydrogen-bond donors (Lipinski definition) is 3. The number of hydrogen-bond acceptors (Lipinski definition) is 6. The molecular formula is C28H23FN8. The highest BCUT2D eigenvalue weighted by Crippen LogP contribution is 2.31. The number of aromatic amines is 2. The molecule has 0 bridgehead atoms. The number of imidazole rings is 1. The second kappa shape index (κ2) is 9.27. The van der Waals surface area contributed by atoms with Crippen LogP contribution in [0.1, 0.15) is 19.8 Å². The van der Waals surface area contributed by atoms with E-state index in [1.54, 1.807) is 24.7 Å². The van der Waals surface area contributed by atoms with Crippen molar-refractivity contribution in [3.8, 4) is 34.0 Å². The van der Waals surface area contributed by atoms with E-state index < -0.39 is 0 Å². The fourth-order valence-electron chi connectivity index (χ4n) is 4.34. The molecule has 0 spiro atoms. The van der Waals surface area contributed by atoms with Gasteiger partial charge in [0.15, 0.2) is 11.5 Å². The van der Waals surface area contributed by atoms with Crippen LogP contribution >= 0.6 is 0 Å². The van der Waals surface area contributed by atoms with E-state index in [4.69, 9.17) is 9.97 Å². The summed E-state index contributed by atoms with van der Waals surface area (Å²) in [7, 11) is 0. The third kappa shape index (κ3) is 4.31. The lowest BCUT2D eigenvalue weighted by Crippen LogP contribution is -1.98. The summed E-state index contributed by atoms with van der Waals surface area (Å²) in [6, 6.07) is 14.0. The van der Waals surface area contributed by atoms with Crippen LogP contribution in [0.3, 0.4) is 0 Å². The Morgan fingerprint density at radius 3 is 2.73 bits per heavy atom. The number of benzene rings is 1. The van der Waals surface area contributed by atoms with E-state index in [1.165, 1.54) is 12.1 Å². The molecule has 5 heterocycles. The molecule has 37 heavy (non-hydrogen) atoms. The van der Waals surface area contributed by atoms with Gasteiger partial charge in [-0.05, 0) is 42.8 Å². The van der Waals surface area contributed by atoms with Gasteiger partial charge in [-0.1, -0.05) is 32.1 Å². The van der Waals surface area contributed by atoms with Gasteiger partial charge in [-0.3, -0.25) is 15.1 Å². The average Bonchev–Trinajstić information content (AvgIpc) is 3.52.